The molecule has 0 spiro atoms. The number of phenols is 2. The molecule has 0 saturated carbocycles. The van der Waals surface area contributed by atoms with E-state index in [0.29, 0.717) is 10.5 Å². The van der Waals surface area contributed by atoms with Gasteiger partial charge in [0.25, 0.3) is 0 Å². The molecule has 0 aliphatic heterocycles. The highest BCUT2D eigenvalue weighted by Crippen LogP contribution is 2.37. The van der Waals surface area contributed by atoms with E-state index in [1.807, 2.05) is 0 Å². The molecule has 3 aromatic rings. The second kappa shape index (κ2) is 6.96. The predicted molar refractivity (Wildman–Crippen MR) is 94.6 cm³/mol. The largest absolute Gasteiger partial charge is 0.508 e. The fourth-order valence-electron chi connectivity index (χ4n) is 2.60. The van der Waals surface area contributed by atoms with Gasteiger partial charge in [0.05, 0.1) is 16.5 Å². The third-order valence-corrected chi connectivity index (χ3v) is 5.95. The van der Waals surface area contributed by atoms with Crippen LogP contribution in [0.25, 0.3) is 0 Å². The molecule has 6 heteroatoms. The molecule has 0 unspecified atom stereocenters. The first-order valence-electron chi connectivity index (χ1n) is 7.75. The average molecular weight is 377 g/mol. The lowest BCUT2D eigenvalue weighted by Crippen LogP contribution is -2.10. The van der Waals surface area contributed by atoms with Gasteiger partial charge in [0.15, 0.2) is 14.7 Å². The first kappa shape index (κ1) is 18.2. The van der Waals surface area contributed by atoms with Crippen LogP contribution in [-0.4, -0.2) is 10.2 Å². The average Bonchev–Trinajstić information content (AvgIpc) is 2.57. The molecule has 0 radical (unpaired) electrons. The molecule has 0 atom stereocenters. The van der Waals surface area contributed by atoms with Gasteiger partial charge in [0, 0.05) is 6.07 Å². The minimum atomic E-state index is -4.43. The SMILES string of the molecule is Cc1cc([S+](c2ccc(O)cc2)c2ccc(O)cc2)cc(C(F)(F)F)c1. The summed E-state index contributed by atoms with van der Waals surface area (Å²) >= 11 is 0. The summed E-state index contributed by atoms with van der Waals surface area (Å²) in [5.41, 5.74) is -0.174. The molecule has 0 aliphatic rings. The van der Waals surface area contributed by atoms with Crippen molar-refractivity contribution in [3.8, 4) is 11.5 Å². The van der Waals surface area contributed by atoms with Gasteiger partial charge in [-0.05, 0) is 73.2 Å². The van der Waals surface area contributed by atoms with E-state index in [4.69, 9.17) is 0 Å². The first-order valence-corrected chi connectivity index (χ1v) is 8.98. The second-order valence-corrected chi connectivity index (χ2v) is 7.85. The Morgan fingerprint density at radius 1 is 0.692 bits per heavy atom. The van der Waals surface area contributed by atoms with Crippen LogP contribution < -0.4 is 0 Å². The zero-order valence-electron chi connectivity index (χ0n) is 13.8. The van der Waals surface area contributed by atoms with Crippen LogP contribution in [0.2, 0.25) is 0 Å². The number of hydrogen-bond donors (Lipinski definition) is 2. The van der Waals surface area contributed by atoms with Crippen LogP contribution in [0, 0.1) is 6.92 Å². The van der Waals surface area contributed by atoms with Crippen molar-refractivity contribution in [3.63, 3.8) is 0 Å². The molecule has 0 fully saturated rings. The van der Waals surface area contributed by atoms with Crippen LogP contribution in [0.15, 0.2) is 81.4 Å². The van der Waals surface area contributed by atoms with E-state index >= 15 is 0 Å². The lowest BCUT2D eigenvalue weighted by molar-refractivity contribution is -0.137. The van der Waals surface area contributed by atoms with Crippen molar-refractivity contribution in [1.29, 1.82) is 0 Å². The molecule has 26 heavy (non-hydrogen) atoms. The quantitative estimate of drug-likeness (QED) is 0.590. The number of phenolic OH excluding ortho intramolecular Hbond substituents is 2. The normalized spacial score (nSPS) is 11.7. The maximum atomic E-state index is 13.3. The van der Waals surface area contributed by atoms with Gasteiger partial charge >= 0.3 is 6.18 Å². The third kappa shape index (κ3) is 3.96. The van der Waals surface area contributed by atoms with Crippen molar-refractivity contribution in [2.24, 2.45) is 0 Å². The lowest BCUT2D eigenvalue weighted by Gasteiger charge is -2.12. The Morgan fingerprint density at radius 3 is 1.58 bits per heavy atom. The summed E-state index contributed by atoms with van der Waals surface area (Å²) in [6.45, 7) is 1.63. The van der Waals surface area contributed by atoms with Crippen molar-refractivity contribution in [2.45, 2.75) is 27.8 Å². The zero-order chi connectivity index (χ0) is 18.9. The number of hydrogen-bond acceptors (Lipinski definition) is 2. The van der Waals surface area contributed by atoms with Crippen LogP contribution in [0.4, 0.5) is 13.2 Å². The Hall–Kier alpha value is -2.60. The molecule has 2 nitrogen and oxygen atoms in total. The van der Waals surface area contributed by atoms with Crippen molar-refractivity contribution in [1.82, 2.24) is 0 Å². The molecule has 3 rings (SSSR count). The Bertz CT molecular complexity index is 858. The van der Waals surface area contributed by atoms with Gasteiger partial charge in [-0.25, -0.2) is 0 Å². The number of alkyl halides is 3. The van der Waals surface area contributed by atoms with Crippen LogP contribution in [0.5, 0.6) is 11.5 Å². The minimum Gasteiger partial charge on any atom is -0.508 e. The highest BCUT2D eigenvalue weighted by Gasteiger charge is 2.35. The summed E-state index contributed by atoms with van der Waals surface area (Å²) in [6, 6.07) is 16.8. The third-order valence-electron chi connectivity index (χ3n) is 3.76. The summed E-state index contributed by atoms with van der Waals surface area (Å²) in [7, 11) is -0.809. The Kier molecular flexibility index (Phi) is 4.87. The first-order chi connectivity index (χ1) is 12.2. The number of halogens is 3. The molecular weight excluding hydrogens is 361 g/mol. The molecule has 134 valence electrons. The fraction of sp³-hybridized carbons (Fsp3) is 0.100. The Labute approximate surface area is 151 Å². The molecule has 0 amide bonds. The smallest absolute Gasteiger partial charge is 0.416 e. The minimum absolute atomic E-state index is 0.0863. The van der Waals surface area contributed by atoms with E-state index in [2.05, 4.69) is 0 Å². The van der Waals surface area contributed by atoms with Crippen molar-refractivity contribution < 1.29 is 23.4 Å². The second-order valence-electron chi connectivity index (χ2n) is 5.83. The topological polar surface area (TPSA) is 40.5 Å². The number of aromatic hydroxyl groups is 2. The van der Waals surface area contributed by atoms with Gasteiger partial charge in [-0.15, -0.1) is 0 Å². The van der Waals surface area contributed by atoms with Gasteiger partial charge in [-0.2, -0.15) is 13.2 Å². The molecule has 0 saturated heterocycles. The van der Waals surface area contributed by atoms with Crippen LogP contribution in [0.1, 0.15) is 11.1 Å². The van der Waals surface area contributed by atoms with Crippen LogP contribution >= 0.6 is 0 Å². The molecule has 2 N–H and O–H groups in total. The number of aryl methyl sites for hydroxylation is 1. The van der Waals surface area contributed by atoms with Crippen LogP contribution in [-0.2, 0) is 17.1 Å². The molecule has 0 heterocycles. The van der Waals surface area contributed by atoms with Gasteiger partial charge in [-0.3, -0.25) is 0 Å². The lowest BCUT2D eigenvalue weighted by atomic mass is 10.1. The van der Waals surface area contributed by atoms with Gasteiger partial charge < -0.3 is 10.2 Å². The highest BCUT2D eigenvalue weighted by molar-refractivity contribution is 7.97. The maximum absolute atomic E-state index is 13.3. The molecule has 0 aromatic heterocycles. The van der Waals surface area contributed by atoms with Crippen molar-refractivity contribution in [3.05, 3.63) is 77.9 Å². The highest BCUT2D eigenvalue weighted by atomic mass is 32.2. The monoisotopic (exact) mass is 377 g/mol. The standard InChI is InChI=1S/C20H15F3O2S/c1-13-10-14(20(21,22)23)12-19(11-13)26(17-6-2-15(24)3-7-17)18-8-4-16(25)5-9-18/h2-12H,1H3,(H-,24,25)/p+1. The maximum Gasteiger partial charge on any atom is 0.416 e. The van der Waals surface area contributed by atoms with Crippen molar-refractivity contribution in [2.75, 3.05) is 0 Å². The summed E-state index contributed by atoms with van der Waals surface area (Å²) in [6.07, 6.45) is -4.43. The molecule has 0 bridgehead atoms. The molecule has 0 aliphatic carbocycles. The van der Waals surface area contributed by atoms with Crippen molar-refractivity contribution >= 4 is 10.9 Å². The van der Waals surface area contributed by atoms with E-state index < -0.39 is 22.6 Å². The summed E-state index contributed by atoms with van der Waals surface area (Å²) in [5.74, 6) is 0.173. The summed E-state index contributed by atoms with van der Waals surface area (Å²) in [4.78, 5) is 2.06. The van der Waals surface area contributed by atoms with Gasteiger partial charge in [0.2, 0.25) is 0 Å². The van der Waals surface area contributed by atoms with E-state index in [9.17, 15) is 23.4 Å². The Balaban J connectivity index is 2.19. The van der Waals surface area contributed by atoms with E-state index in [-0.39, 0.29) is 11.5 Å². The Morgan fingerprint density at radius 2 is 1.15 bits per heavy atom. The van der Waals surface area contributed by atoms with E-state index in [0.717, 1.165) is 21.9 Å². The number of benzene rings is 3. The van der Waals surface area contributed by atoms with Crippen LogP contribution in [0.3, 0.4) is 0 Å². The number of rotatable bonds is 3. The van der Waals surface area contributed by atoms with E-state index in [1.165, 1.54) is 24.3 Å². The fourth-order valence-corrected chi connectivity index (χ4v) is 4.78. The van der Waals surface area contributed by atoms with Gasteiger partial charge in [-0.1, -0.05) is 0 Å². The summed E-state index contributed by atoms with van der Waals surface area (Å²) < 4.78 is 39.8. The summed E-state index contributed by atoms with van der Waals surface area (Å²) in [5, 5.41) is 19.1. The molecular formula is C20H16F3O2S+. The molecule has 3 aromatic carbocycles. The van der Waals surface area contributed by atoms with Gasteiger partial charge in [0.1, 0.15) is 11.5 Å². The zero-order valence-corrected chi connectivity index (χ0v) is 14.6. The predicted octanol–water partition coefficient (Wildman–Crippen LogP) is 5.52. The van der Waals surface area contributed by atoms with E-state index in [1.54, 1.807) is 37.3 Å².